The van der Waals surface area contributed by atoms with Gasteiger partial charge >= 0.3 is 0 Å². The number of benzene rings is 1. The summed E-state index contributed by atoms with van der Waals surface area (Å²) in [6.45, 7) is 0.421. The normalized spacial score (nSPS) is 25.5. The highest BCUT2D eigenvalue weighted by Gasteiger charge is 2.35. The van der Waals surface area contributed by atoms with Crippen LogP contribution in [-0.4, -0.2) is 28.6 Å². The third kappa shape index (κ3) is 2.19. The summed E-state index contributed by atoms with van der Waals surface area (Å²) in [5, 5.41) is -0.340. The second-order valence-corrected chi connectivity index (χ2v) is 5.42. The number of hydrogen-bond donors (Lipinski definition) is 0. The van der Waals surface area contributed by atoms with Crippen LogP contribution >= 0.6 is 11.6 Å². The molecule has 0 aliphatic carbocycles. The number of rotatable bonds is 1. The molecule has 1 saturated heterocycles. The highest BCUT2D eigenvalue weighted by Crippen LogP contribution is 2.29. The maximum atomic E-state index is 12.6. The number of carbonyl (C=O) groups is 2. The Balaban J connectivity index is 1.96. The predicted molar refractivity (Wildman–Crippen MR) is 73.9 cm³/mol. The van der Waals surface area contributed by atoms with E-state index in [0.717, 1.165) is 18.4 Å². The summed E-state index contributed by atoms with van der Waals surface area (Å²) in [4.78, 5) is 25.7. The van der Waals surface area contributed by atoms with E-state index in [1.807, 2.05) is 30.3 Å². The molecule has 2 heterocycles. The van der Waals surface area contributed by atoms with Gasteiger partial charge in [-0.05, 0) is 36.1 Å². The standard InChI is InChI=1S/C15H14ClNO2/c16-14(18)11-6-8-12-7-5-10-3-1-2-4-13(10)15(19)17(12)9-11/h1-5,7,11-12H,6,8-9H2/t11-,12+/m0/s1. The van der Waals surface area contributed by atoms with Crippen LogP contribution in [0.25, 0.3) is 6.08 Å². The van der Waals surface area contributed by atoms with Crippen LogP contribution in [0, 0.1) is 5.92 Å². The molecule has 2 aliphatic rings. The van der Waals surface area contributed by atoms with Gasteiger partial charge < -0.3 is 4.90 Å². The quantitative estimate of drug-likeness (QED) is 0.739. The molecule has 0 bridgehead atoms. The minimum Gasteiger partial charge on any atom is -0.331 e. The largest absolute Gasteiger partial charge is 0.331 e. The molecule has 1 aromatic rings. The minimum absolute atomic E-state index is 0.00628. The first-order valence-electron chi connectivity index (χ1n) is 6.44. The Morgan fingerprint density at radius 1 is 1.26 bits per heavy atom. The molecule has 0 radical (unpaired) electrons. The van der Waals surface area contributed by atoms with Crippen LogP contribution < -0.4 is 0 Å². The highest BCUT2D eigenvalue weighted by atomic mass is 35.5. The van der Waals surface area contributed by atoms with Crippen molar-refractivity contribution in [3.05, 3.63) is 41.5 Å². The van der Waals surface area contributed by atoms with E-state index in [1.54, 1.807) is 4.90 Å². The molecule has 0 spiro atoms. The molecule has 1 aromatic carbocycles. The lowest BCUT2D eigenvalue weighted by atomic mass is 9.93. The summed E-state index contributed by atoms with van der Waals surface area (Å²) in [7, 11) is 0. The molecule has 0 unspecified atom stereocenters. The number of piperidine rings is 1. The van der Waals surface area contributed by atoms with Gasteiger partial charge in [0.1, 0.15) is 0 Å². The molecular formula is C15H14ClNO2. The third-order valence-electron chi connectivity index (χ3n) is 3.90. The van der Waals surface area contributed by atoms with Gasteiger partial charge in [-0.3, -0.25) is 9.59 Å². The van der Waals surface area contributed by atoms with E-state index in [2.05, 4.69) is 6.08 Å². The van der Waals surface area contributed by atoms with Crippen LogP contribution in [0.3, 0.4) is 0 Å². The summed E-state index contributed by atoms with van der Waals surface area (Å²) < 4.78 is 0. The molecule has 0 aromatic heterocycles. The lowest BCUT2D eigenvalue weighted by molar-refractivity contribution is -0.116. The molecule has 3 rings (SSSR count). The van der Waals surface area contributed by atoms with Gasteiger partial charge in [-0.1, -0.05) is 30.4 Å². The SMILES string of the molecule is O=C(Cl)[C@H]1CC[C@H]2C=Cc3ccccc3C(=O)N2C1. The zero-order valence-corrected chi connectivity index (χ0v) is 11.1. The van der Waals surface area contributed by atoms with Gasteiger partial charge in [0, 0.05) is 12.1 Å². The van der Waals surface area contributed by atoms with E-state index in [0.29, 0.717) is 12.1 Å². The van der Waals surface area contributed by atoms with E-state index in [4.69, 9.17) is 11.6 Å². The van der Waals surface area contributed by atoms with Gasteiger partial charge in [0.2, 0.25) is 5.24 Å². The molecule has 0 saturated carbocycles. The summed E-state index contributed by atoms with van der Waals surface area (Å²) >= 11 is 5.58. The number of hydrogen-bond acceptors (Lipinski definition) is 2. The fraction of sp³-hybridized carbons (Fsp3) is 0.333. The van der Waals surface area contributed by atoms with E-state index in [1.165, 1.54) is 0 Å². The van der Waals surface area contributed by atoms with E-state index in [9.17, 15) is 9.59 Å². The smallest absolute Gasteiger partial charge is 0.254 e. The molecule has 1 fully saturated rings. The second-order valence-electron chi connectivity index (χ2n) is 5.05. The van der Waals surface area contributed by atoms with Crippen LogP contribution in [0.4, 0.5) is 0 Å². The van der Waals surface area contributed by atoms with Gasteiger partial charge in [-0.2, -0.15) is 0 Å². The number of carbonyl (C=O) groups excluding carboxylic acids is 2. The van der Waals surface area contributed by atoms with Crippen molar-refractivity contribution in [1.29, 1.82) is 0 Å². The van der Waals surface area contributed by atoms with Crippen LogP contribution in [0.5, 0.6) is 0 Å². The zero-order chi connectivity index (χ0) is 13.4. The van der Waals surface area contributed by atoms with Crippen molar-refractivity contribution in [3.63, 3.8) is 0 Å². The van der Waals surface area contributed by atoms with Crippen molar-refractivity contribution in [2.45, 2.75) is 18.9 Å². The lowest BCUT2D eigenvalue weighted by Gasteiger charge is -2.36. The first-order valence-corrected chi connectivity index (χ1v) is 6.82. The highest BCUT2D eigenvalue weighted by molar-refractivity contribution is 6.64. The van der Waals surface area contributed by atoms with E-state index < -0.39 is 0 Å². The van der Waals surface area contributed by atoms with Crippen LogP contribution in [0.1, 0.15) is 28.8 Å². The van der Waals surface area contributed by atoms with Crippen LogP contribution in [-0.2, 0) is 4.79 Å². The molecule has 4 heteroatoms. The first kappa shape index (κ1) is 12.4. The Morgan fingerprint density at radius 2 is 2.05 bits per heavy atom. The Kier molecular flexibility index (Phi) is 3.15. The molecule has 0 N–H and O–H groups in total. The Hall–Kier alpha value is -1.61. The molecular weight excluding hydrogens is 262 g/mol. The zero-order valence-electron chi connectivity index (χ0n) is 10.4. The number of halogens is 1. The topological polar surface area (TPSA) is 37.4 Å². The van der Waals surface area contributed by atoms with Crippen molar-refractivity contribution in [1.82, 2.24) is 4.90 Å². The van der Waals surface area contributed by atoms with Crippen LogP contribution in [0.15, 0.2) is 30.3 Å². The minimum atomic E-state index is -0.340. The van der Waals surface area contributed by atoms with Gasteiger partial charge in [0.15, 0.2) is 0 Å². The maximum Gasteiger partial charge on any atom is 0.254 e. The molecule has 19 heavy (non-hydrogen) atoms. The summed E-state index contributed by atoms with van der Waals surface area (Å²) in [5.74, 6) is -0.242. The third-order valence-corrected chi connectivity index (χ3v) is 4.21. The van der Waals surface area contributed by atoms with Crippen molar-refractivity contribution < 1.29 is 9.59 Å². The van der Waals surface area contributed by atoms with Gasteiger partial charge in [-0.15, -0.1) is 0 Å². The fourth-order valence-electron chi connectivity index (χ4n) is 2.82. The summed E-state index contributed by atoms with van der Waals surface area (Å²) in [5.41, 5.74) is 1.64. The summed E-state index contributed by atoms with van der Waals surface area (Å²) in [6.07, 6.45) is 5.59. The lowest BCUT2D eigenvalue weighted by Crippen LogP contribution is -2.46. The molecule has 3 nitrogen and oxygen atoms in total. The number of fused-ring (bicyclic) bond motifs is 2. The van der Waals surface area contributed by atoms with Crippen molar-refractivity contribution in [2.24, 2.45) is 5.92 Å². The Labute approximate surface area is 116 Å². The van der Waals surface area contributed by atoms with Gasteiger partial charge in [0.05, 0.1) is 12.0 Å². The van der Waals surface area contributed by atoms with Gasteiger partial charge in [0.25, 0.3) is 5.91 Å². The monoisotopic (exact) mass is 275 g/mol. The predicted octanol–water partition coefficient (Wildman–Crippen LogP) is 2.70. The van der Waals surface area contributed by atoms with E-state index in [-0.39, 0.29) is 23.1 Å². The molecule has 1 amide bonds. The van der Waals surface area contributed by atoms with Crippen molar-refractivity contribution in [3.8, 4) is 0 Å². The molecule has 98 valence electrons. The average Bonchev–Trinajstić information content (AvgIpc) is 2.57. The van der Waals surface area contributed by atoms with E-state index >= 15 is 0 Å². The average molecular weight is 276 g/mol. The fourth-order valence-corrected chi connectivity index (χ4v) is 3.00. The Morgan fingerprint density at radius 3 is 2.84 bits per heavy atom. The Bertz CT molecular complexity index is 567. The number of amides is 1. The van der Waals surface area contributed by atoms with Crippen molar-refractivity contribution >= 4 is 28.8 Å². The van der Waals surface area contributed by atoms with Crippen molar-refractivity contribution in [2.75, 3.05) is 6.54 Å². The maximum absolute atomic E-state index is 12.6. The van der Waals surface area contributed by atoms with Crippen LogP contribution in [0.2, 0.25) is 0 Å². The summed E-state index contributed by atoms with van der Waals surface area (Å²) in [6, 6.07) is 7.63. The second kappa shape index (κ2) is 4.82. The first-order chi connectivity index (χ1) is 9.16. The van der Waals surface area contributed by atoms with Gasteiger partial charge in [-0.25, -0.2) is 0 Å². The molecule has 2 atom stereocenters. The number of nitrogens with zero attached hydrogens (tertiary/aromatic N) is 1. The molecule has 2 aliphatic heterocycles.